The van der Waals surface area contributed by atoms with Gasteiger partial charge in [-0.15, -0.1) is 0 Å². The van der Waals surface area contributed by atoms with Crippen molar-refractivity contribution in [2.24, 2.45) is 17.8 Å². The van der Waals surface area contributed by atoms with Gasteiger partial charge in [-0.2, -0.15) is 0 Å². The van der Waals surface area contributed by atoms with E-state index in [2.05, 4.69) is 46.6 Å². The standard InChI is InChI=1S/C19H26N2/c1-2-6-19(17(5-1)14-21-9-3-4-10-21)20-13-18-12-15-7-8-16(18)11-15/h1-2,5-8,15-16,18,20H,3-4,9-14H2. The summed E-state index contributed by atoms with van der Waals surface area (Å²) in [6.07, 6.45) is 10.4. The van der Waals surface area contributed by atoms with Gasteiger partial charge in [0.15, 0.2) is 0 Å². The fraction of sp³-hybridized carbons (Fsp3) is 0.579. The number of hydrogen-bond acceptors (Lipinski definition) is 2. The molecule has 1 N–H and O–H groups in total. The molecule has 1 aliphatic heterocycles. The van der Waals surface area contributed by atoms with Gasteiger partial charge in [0.2, 0.25) is 0 Å². The molecule has 3 unspecified atom stereocenters. The van der Waals surface area contributed by atoms with Crippen molar-refractivity contribution in [2.45, 2.75) is 32.2 Å². The Morgan fingerprint density at radius 2 is 1.90 bits per heavy atom. The number of anilines is 1. The molecule has 3 aliphatic rings. The van der Waals surface area contributed by atoms with Crippen molar-refractivity contribution in [1.82, 2.24) is 4.90 Å². The molecule has 0 radical (unpaired) electrons. The first-order valence-electron chi connectivity index (χ1n) is 8.61. The first-order valence-corrected chi connectivity index (χ1v) is 8.61. The van der Waals surface area contributed by atoms with E-state index in [-0.39, 0.29) is 0 Å². The highest BCUT2D eigenvalue weighted by atomic mass is 15.1. The molecule has 1 saturated carbocycles. The van der Waals surface area contributed by atoms with Gasteiger partial charge >= 0.3 is 0 Å². The molecule has 3 atom stereocenters. The van der Waals surface area contributed by atoms with Gasteiger partial charge in [0.25, 0.3) is 0 Å². The number of benzene rings is 1. The van der Waals surface area contributed by atoms with E-state index in [0.29, 0.717) is 0 Å². The smallest absolute Gasteiger partial charge is 0.0385 e. The molecule has 0 spiro atoms. The zero-order valence-corrected chi connectivity index (χ0v) is 12.8. The molecule has 112 valence electrons. The van der Waals surface area contributed by atoms with Gasteiger partial charge in [-0.05, 0) is 68.2 Å². The predicted molar refractivity (Wildman–Crippen MR) is 88.3 cm³/mol. The van der Waals surface area contributed by atoms with E-state index < -0.39 is 0 Å². The molecule has 1 aromatic rings. The number of rotatable bonds is 5. The summed E-state index contributed by atoms with van der Waals surface area (Å²) < 4.78 is 0. The number of allylic oxidation sites excluding steroid dienone is 2. The van der Waals surface area contributed by atoms with Crippen LogP contribution in [0.3, 0.4) is 0 Å². The van der Waals surface area contributed by atoms with E-state index in [1.807, 2.05) is 0 Å². The van der Waals surface area contributed by atoms with Crippen LogP contribution in [-0.2, 0) is 6.54 Å². The second-order valence-corrected chi connectivity index (χ2v) is 7.06. The first-order chi connectivity index (χ1) is 10.4. The molecular formula is C19H26N2. The summed E-state index contributed by atoms with van der Waals surface area (Å²) in [6, 6.07) is 8.89. The average Bonchev–Trinajstić information content (AvgIpc) is 3.24. The fourth-order valence-corrected chi connectivity index (χ4v) is 4.38. The van der Waals surface area contributed by atoms with Crippen molar-refractivity contribution in [3.63, 3.8) is 0 Å². The van der Waals surface area contributed by atoms with Crippen LogP contribution >= 0.6 is 0 Å². The Balaban J connectivity index is 1.39. The normalized spacial score (nSPS) is 31.1. The maximum absolute atomic E-state index is 3.75. The second-order valence-electron chi connectivity index (χ2n) is 7.06. The molecule has 2 fully saturated rings. The lowest BCUT2D eigenvalue weighted by Gasteiger charge is -2.22. The number of nitrogens with zero attached hydrogens (tertiary/aromatic N) is 1. The maximum atomic E-state index is 3.75. The van der Waals surface area contributed by atoms with Crippen LogP contribution < -0.4 is 5.32 Å². The van der Waals surface area contributed by atoms with Gasteiger partial charge in [-0.3, -0.25) is 4.90 Å². The van der Waals surface area contributed by atoms with Crippen LogP contribution in [0, 0.1) is 17.8 Å². The highest BCUT2D eigenvalue weighted by Gasteiger charge is 2.35. The highest BCUT2D eigenvalue weighted by Crippen LogP contribution is 2.43. The lowest BCUT2D eigenvalue weighted by Crippen LogP contribution is -2.21. The maximum Gasteiger partial charge on any atom is 0.0385 e. The zero-order valence-electron chi connectivity index (χ0n) is 12.8. The lowest BCUT2D eigenvalue weighted by atomic mass is 9.93. The quantitative estimate of drug-likeness (QED) is 0.824. The minimum absolute atomic E-state index is 0.841. The molecule has 1 heterocycles. The minimum Gasteiger partial charge on any atom is -0.384 e. The van der Waals surface area contributed by atoms with Gasteiger partial charge < -0.3 is 5.32 Å². The van der Waals surface area contributed by atoms with Crippen molar-refractivity contribution >= 4 is 5.69 Å². The van der Waals surface area contributed by atoms with Gasteiger partial charge in [0.1, 0.15) is 0 Å². The molecule has 2 nitrogen and oxygen atoms in total. The van der Waals surface area contributed by atoms with E-state index in [1.165, 1.54) is 50.0 Å². The highest BCUT2D eigenvalue weighted by molar-refractivity contribution is 5.51. The van der Waals surface area contributed by atoms with Crippen LogP contribution in [0.5, 0.6) is 0 Å². The second kappa shape index (κ2) is 5.84. The van der Waals surface area contributed by atoms with Crippen LogP contribution in [-0.4, -0.2) is 24.5 Å². The molecule has 1 aromatic carbocycles. The van der Waals surface area contributed by atoms with E-state index in [0.717, 1.165) is 30.8 Å². The van der Waals surface area contributed by atoms with E-state index in [4.69, 9.17) is 0 Å². The van der Waals surface area contributed by atoms with Crippen LogP contribution in [0.2, 0.25) is 0 Å². The minimum atomic E-state index is 0.841. The summed E-state index contributed by atoms with van der Waals surface area (Å²) in [6.45, 7) is 4.79. The van der Waals surface area contributed by atoms with Crippen molar-refractivity contribution in [3.8, 4) is 0 Å². The Kier molecular flexibility index (Phi) is 3.72. The summed E-state index contributed by atoms with van der Waals surface area (Å²) in [7, 11) is 0. The number of hydrogen-bond donors (Lipinski definition) is 1. The third-order valence-electron chi connectivity index (χ3n) is 5.58. The topological polar surface area (TPSA) is 15.3 Å². The van der Waals surface area contributed by atoms with Crippen molar-refractivity contribution < 1.29 is 0 Å². The van der Waals surface area contributed by atoms with Crippen LogP contribution in [0.15, 0.2) is 36.4 Å². The van der Waals surface area contributed by atoms with Gasteiger partial charge in [-0.1, -0.05) is 30.4 Å². The molecule has 21 heavy (non-hydrogen) atoms. The van der Waals surface area contributed by atoms with Crippen LogP contribution in [0.1, 0.15) is 31.2 Å². The number of nitrogens with one attached hydrogen (secondary N) is 1. The molecule has 1 saturated heterocycles. The summed E-state index contributed by atoms with van der Waals surface area (Å²) in [5, 5.41) is 3.75. The average molecular weight is 282 g/mol. The molecule has 2 bridgehead atoms. The van der Waals surface area contributed by atoms with Crippen molar-refractivity contribution in [3.05, 3.63) is 42.0 Å². The Labute approximate surface area is 128 Å². The largest absolute Gasteiger partial charge is 0.384 e. The Morgan fingerprint density at radius 3 is 2.67 bits per heavy atom. The molecule has 2 aliphatic carbocycles. The SMILES string of the molecule is C1=CC2CC1CC2CNc1ccccc1CN1CCCC1. The van der Waals surface area contributed by atoms with Crippen molar-refractivity contribution in [1.29, 1.82) is 0 Å². The van der Waals surface area contributed by atoms with Gasteiger partial charge in [0.05, 0.1) is 0 Å². The van der Waals surface area contributed by atoms with Crippen LogP contribution in [0.25, 0.3) is 0 Å². The molecule has 2 heteroatoms. The van der Waals surface area contributed by atoms with Crippen molar-refractivity contribution in [2.75, 3.05) is 25.0 Å². The third-order valence-corrected chi connectivity index (χ3v) is 5.58. The molecule has 0 aromatic heterocycles. The number of para-hydroxylation sites is 1. The van der Waals surface area contributed by atoms with Gasteiger partial charge in [0, 0.05) is 18.8 Å². The zero-order chi connectivity index (χ0) is 14.1. The summed E-state index contributed by atoms with van der Waals surface area (Å²) in [5.41, 5.74) is 2.83. The first kappa shape index (κ1) is 13.4. The molecule has 0 amide bonds. The number of likely N-dealkylation sites (tertiary alicyclic amines) is 1. The van der Waals surface area contributed by atoms with Gasteiger partial charge in [-0.25, -0.2) is 0 Å². The van der Waals surface area contributed by atoms with E-state index >= 15 is 0 Å². The predicted octanol–water partition coefficient (Wildman–Crippen LogP) is 3.91. The Bertz CT molecular complexity index is 516. The van der Waals surface area contributed by atoms with E-state index in [1.54, 1.807) is 0 Å². The lowest BCUT2D eigenvalue weighted by molar-refractivity contribution is 0.332. The summed E-state index contributed by atoms with van der Waals surface area (Å²) >= 11 is 0. The molecule has 4 rings (SSSR count). The summed E-state index contributed by atoms with van der Waals surface area (Å²) in [5.74, 6) is 2.56. The monoisotopic (exact) mass is 282 g/mol. The Morgan fingerprint density at radius 1 is 1.05 bits per heavy atom. The fourth-order valence-electron chi connectivity index (χ4n) is 4.38. The summed E-state index contributed by atoms with van der Waals surface area (Å²) in [4.78, 5) is 2.58. The molecular weight excluding hydrogens is 256 g/mol. The Hall–Kier alpha value is -1.28. The number of fused-ring (bicyclic) bond motifs is 2. The third kappa shape index (κ3) is 2.87. The van der Waals surface area contributed by atoms with Crippen LogP contribution in [0.4, 0.5) is 5.69 Å². The van der Waals surface area contributed by atoms with E-state index in [9.17, 15) is 0 Å².